The number of benzene rings is 1. The molecular formula is C20H27N5O2S. The summed E-state index contributed by atoms with van der Waals surface area (Å²) in [5, 5.41) is 10.6. The van der Waals surface area contributed by atoms with Crippen molar-refractivity contribution in [2.75, 3.05) is 20.2 Å². The number of aliphatic imine (C=N–C) groups is 1. The molecule has 8 heteroatoms. The molecule has 28 heavy (non-hydrogen) atoms. The van der Waals surface area contributed by atoms with Crippen LogP contribution in [-0.4, -0.2) is 43.1 Å². The molecule has 150 valence electrons. The fraction of sp³-hybridized carbons (Fsp3) is 0.450. The van der Waals surface area contributed by atoms with Crippen molar-refractivity contribution < 1.29 is 9.53 Å². The maximum absolute atomic E-state index is 11.7. The number of amides is 1. The number of ether oxygens (including phenoxy) is 1. The van der Waals surface area contributed by atoms with Gasteiger partial charge in [-0.3, -0.25) is 9.79 Å². The van der Waals surface area contributed by atoms with Crippen LogP contribution in [0.15, 0.2) is 35.5 Å². The van der Waals surface area contributed by atoms with Crippen molar-refractivity contribution in [3.8, 4) is 5.75 Å². The highest BCUT2D eigenvalue weighted by molar-refractivity contribution is 7.11. The molecule has 1 fully saturated rings. The van der Waals surface area contributed by atoms with E-state index in [0.717, 1.165) is 42.3 Å². The molecule has 0 bridgehead atoms. The Balaban J connectivity index is 1.40. The van der Waals surface area contributed by atoms with Crippen molar-refractivity contribution in [2.45, 2.75) is 38.8 Å². The highest BCUT2D eigenvalue weighted by Gasteiger charge is 2.23. The summed E-state index contributed by atoms with van der Waals surface area (Å²) in [5.74, 6) is 1.36. The van der Waals surface area contributed by atoms with Crippen LogP contribution >= 0.6 is 11.3 Å². The lowest BCUT2D eigenvalue weighted by Gasteiger charge is -2.12. The second-order valence-corrected chi connectivity index (χ2v) is 8.06. The zero-order valence-electron chi connectivity index (χ0n) is 16.3. The first-order chi connectivity index (χ1) is 13.6. The average Bonchev–Trinajstić information content (AvgIpc) is 3.41. The normalized spacial score (nSPS) is 13.9. The third kappa shape index (κ3) is 6.84. The summed E-state index contributed by atoms with van der Waals surface area (Å²) in [4.78, 5) is 21.6. The van der Waals surface area contributed by atoms with Crippen molar-refractivity contribution in [2.24, 2.45) is 4.99 Å². The summed E-state index contributed by atoms with van der Waals surface area (Å²) in [5.41, 5.74) is 1.05. The topological polar surface area (TPSA) is 87.6 Å². The minimum Gasteiger partial charge on any atom is -0.484 e. The molecule has 2 aromatic rings. The van der Waals surface area contributed by atoms with E-state index in [0.29, 0.717) is 18.3 Å². The van der Waals surface area contributed by atoms with Crippen molar-refractivity contribution in [3.05, 3.63) is 45.9 Å². The molecule has 1 aromatic carbocycles. The van der Waals surface area contributed by atoms with E-state index in [1.54, 1.807) is 18.4 Å². The molecule has 3 N–H and O–H groups in total. The SMILES string of the molecule is CN=C(NCCc1ncc(C)s1)NCc1cccc(OCC(=O)NC2CC2)c1. The summed E-state index contributed by atoms with van der Waals surface area (Å²) < 4.78 is 5.59. The lowest BCUT2D eigenvalue weighted by atomic mass is 10.2. The minimum absolute atomic E-state index is 0.0484. The maximum atomic E-state index is 11.7. The van der Waals surface area contributed by atoms with E-state index in [2.05, 4.69) is 32.9 Å². The molecule has 1 aliphatic carbocycles. The highest BCUT2D eigenvalue weighted by Crippen LogP contribution is 2.18. The number of thiazole rings is 1. The molecule has 7 nitrogen and oxygen atoms in total. The Kier molecular flexibility index (Phi) is 7.25. The number of carbonyl (C=O) groups is 1. The van der Waals surface area contributed by atoms with E-state index >= 15 is 0 Å². The van der Waals surface area contributed by atoms with Gasteiger partial charge in [0.15, 0.2) is 12.6 Å². The third-order valence-corrected chi connectivity index (χ3v) is 5.17. The standard InChI is InChI=1S/C20H27N5O2S/c1-14-11-23-19(28-14)8-9-22-20(21-2)24-12-15-4-3-5-17(10-15)27-13-18(26)25-16-6-7-16/h3-5,10-11,16H,6-9,12-13H2,1-2H3,(H,25,26)(H2,21,22,24). The molecule has 1 heterocycles. The number of guanidine groups is 1. The smallest absolute Gasteiger partial charge is 0.258 e. The summed E-state index contributed by atoms with van der Waals surface area (Å²) in [6, 6.07) is 8.08. The van der Waals surface area contributed by atoms with Crippen LogP contribution in [0.5, 0.6) is 5.75 Å². The van der Waals surface area contributed by atoms with E-state index in [4.69, 9.17) is 4.74 Å². The summed E-state index contributed by atoms with van der Waals surface area (Å²) in [7, 11) is 1.75. The summed E-state index contributed by atoms with van der Waals surface area (Å²) >= 11 is 1.72. The predicted molar refractivity (Wildman–Crippen MR) is 112 cm³/mol. The molecule has 0 radical (unpaired) electrons. The fourth-order valence-electron chi connectivity index (χ4n) is 2.60. The Labute approximate surface area is 169 Å². The van der Waals surface area contributed by atoms with Crippen molar-refractivity contribution >= 4 is 23.2 Å². The number of hydrogen-bond donors (Lipinski definition) is 3. The van der Waals surface area contributed by atoms with Crippen LogP contribution in [0.3, 0.4) is 0 Å². The van der Waals surface area contributed by atoms with Gasteiger partial charge in [0.2, 0.25) is 0 Å². The number of rotatable bonds is 9. The number of hydrogen-bond acceptors (Lipinski definition) is 5. The van der Waals surface area contributed by atoms with Crippen LogP contribution in [0.2, 0.25) is 0 Å². The molecule has 1 aliphatic rings. The number of nitrogens with zero attached hydrogens (tertiary/aromatic N) is 2. The zero-order valence-corrected chi connectivity index (χ0v) is 17.1. The molecule has 1 saturated carbocycles. The fourth-order valence-corrected chi connectivity index (χ4v) is 3.39. The van der Waals surface area contributed by atoms with Gasteiger partial charge in [-0.15, -0.1) is 11.3 Å². The van der Waals surface area contributed by atoms with Gasteiger partial charge in [-0.05, 0) is 37.5 Å². The molecular weight excluding hydrogens is 374 g/mol. The molecule has 0 aliphatic heterocycles. The Hall–Kier alpha value is -2.61. The van der Waals surface area contributed by atoms with Crippen LogP contribution < -0.4 is 20.7 Å². The molecule has 0 atom stereocenters. The van der Waals surface area contributed by atoms with Crippen LogP contribution in [0.1, 0.15) is 28.3 Å². The molecule has 1 aromatic heterocycles. The highest BCUT2D eigenvalue weighted by atomic mass is 32.1. The first kappa shape index (κ1) is 20.1. The second-order valence-electron chi connectivity index (χ2n) is 6.75. The number of aryl methyl sites for hydroxylation is 1. The Morgan fingerprint density at radius 3 is 2.93 bits per heavy atom. The van der Waals surface area contributed by atoms with E-state index < -0.39 is 0 Å². The molecule has 3 rings (SSSR count). The van der Waals surface area contributed by atoms with Crippen molar-refractivity contribution in [3.63, 3.8) is 0 Å². The quantitative estimate of drug-likeness (QED) is 0.442. The average molecular weight is 402 g/mol. The van der Waals surface area contributed by atoms with Crippen LogP contribution in [0.25, 0.3) is 0 Å². The van der Waals surface area contributed by atoms with Crippen LogP contribution in [-0.2, 0) is 17.8 Å². The van der Waals surface area contributed by atoms with Crippen LogP contribution in [0.4, 0.5) is 0 Å². The van der Waals surface area contributed by atoms with Gasteiger partial charge in [-0.25, -0.2) is 4.98 Å². The van der Waals surface area contributed by atoms with Gasteiger partial charge in [0.1, 0.15) is 5.75 Å². The summed E-state index contributed by atoms with van der Waals surface area (Å²) in [6.45, 7) is 3.49. The van der Waals surface area contributed by atoms with Gasteiger partial charge in [0, 0.05) is 43.7 Å². The lowest BCUT2D eigenvalue weighted by Crippen LogP contribution is -2.37. The van der Waals surface area contributed by atoms with Crippen molar-refractivity contribution in [1.29, 1.82) is 0 Å². The Morgan fingerprint density at radius 1 is 1.36 bits per heavy atom. The van der Waals surface area contributed by atoms with E-state index in [1.165, 1.54) is 4.88 Å². The van der Waals surface area contributed by atoms with E-state index in [-0.39, 0.29) is 12.5 Å². The molecule has 0 saturated heterocycles. The number of aromatic nitrogens is 1. The van der Waals surface area contributed by atoms with Gasteiger partial charge >= 0.3 is 0 Å². The van der Waals surface area contributed by atoms with Gasteiger partial charge in [0.05, 0.1) is 5.01 Å². The first-order valence-electron chi connectivity index (χ1n) is 9.49. The molecule has 0 unspecified atom stereocenters. The maximum Gasteiger partial charge on any atom is 0.258 e. The lowest BCUT2D eigenvalue weighted by molar-refractivity contribution is -0.123. The Morgan fingerprint density at radius 2 is 2.21 bits per heavy atom. The third-order valence-electron chi connectivity index (χ3n) is 4.19. The molecule has 0 spiro atoms. The van der Waals surface area contributed by atoms with E-state index in [1.807, 2.05) is 30.5 Å². The minimum atomic E-state index is -0.0638. The van der Waals surface area contributed by atoms with Gasteiger partial charge in [0.25, 0.3) is 5.91 Å². The second kappa shape index (κ2) is 10.1. The van der Waals surface area contributed by atoms with E-state index in [9.17, 15) is 4.79 Å². The van der Waals surface area contributed by atoms with Crippen molar-refractivity contribution in [1.82, 2.24) is 20.9 Å². The summed E-state index contributed by atoms with van der Waals surface area (Å²) in [6.07, 6.45) is 4.92. The zero-order chi connectivity index (χ0) is 19.8. The van der Waals surface area contributed by atoms with Gasteiger partial charge in [-0.2, -0.15) is 0 Å². The van der Waals surface area contributed by atoms with Gasteiger partial charge in [-0.1, -0.05) is 12.1 Å². The largest absolute Gasteiger partial charge is 0.484 e. The number of nitrogens with one attached hydrogen (secondary N) is 3. The monoisotopic (exact) mass is 401 g/mol. The van der Waals surface area contributed by atoms with Crippen LogP contribution in [0, 0.1) is 6.92 Å². The van der Waals surface area contributed by atoms with Gasteiger partial charge < -0.3 is 20.7 Å². The first-order valence-corrected chi connectivity index (χ1v) is 10.3. The predicted octanol–water partition coefficient (Wildman–Crippen LogP) is 2.02. The molecule has 1 amide bonds. The Bertz CT molecular complexity index is 816. The number of carbonyl (C=O) groups excluding carboxylic acids is 1.